The van der Waals surface area contributed by atoms with E-state index in [9.17, 15) is 13.2 Å². The van der Waals surface area contributed by atoms with Gasteiger partial charge in [-0.15, -0.1) is 0 Å². The average Bonchev–Trinajstić information content (AvgIpc) is 2.99. The Morgan fingerprint density at radius 2 is 1.92 bits per heavy atom. The van der Waals surface area contributed by atoms with E-state index < -0.39 is 10.0 Å². The molecule has 9 heteroatoms. The van der Waals surface area contributed by atoms with Gasteiger partial charge in [0.25, 0.3) is 0 Å². The van der Waals surface area contributed by atoms with E-state index in [0.29, 0.717) is 32.1 Å². The third kappa shape index (κ3) is 5.33. The third-order valence-corrected chi connectivity index (χ3v) is 6.60. The summed E-state index contributed by atoms with van der Waals surface area (Å²) in [6, 6.07) is 0. The number of carbonyl (C=O) groups is 1. The Bertz CT molecular complexity index is 614. The SMILES string of the molecule is CCNC(=NCC1CCN(S(C)(=O)=O)CC1)N1CC(C)C(C(=O)OC)C1. The summed E-state index contributed by atoms with van der Waals surface area (Å²) >= 11 is 0. The lowest BCUT2D eigenvalue weighted by Gasteiger charge is -2.30. The number of guanidine groups is 1. The van der Waals surface area contributed by atoms with Crippen LogP contribution < -0.4 is 5.32 Å². The molecular formula is C17H32N4O4S. The van der Waals surface area contributed by atoms with Crippen LogP contribution in [0, 0.1) is 17.8 Å². The second kappa shape index (κ2) is 9.03. The minimum Gasteiger partial charge on any atom is -0.469 e. The van der Waals surface area contributed by atoms with Crippen LogP contribution in [0.3, 0.4) is 0 Å². The fourth-order valence-corrected chi connectivity index (χ4v) is 4.54. The molecule has 2 heterocycles. The van der Waals surface area contributed by atoms with Crippen LogP contribution in [0.25, 0.3) is 0 Å². The molecule has 150 valence electrons. The van der Waals surface area contributed by atoms with Crippen molar-refractivity contribution in [2.75, 3.05) is 52.6 Å². The topological polar surface area (TPSA) is 91.3 Å². The first-order valence-electron chi connectivity index (χ1n) is 9.32. The second-order valence-corrected chi connectivity index (χ2v) is 9.29. The van der Waals surface area contributed by atoms with Gasteiger partial charge < -0.3 is 15.0 Å². The molecule has 0 amide bonds. The van der Waals surface area contributed by atoms with Crippen molar-refractivity contribution in [2.24, 2.45) is 22.7 Å². The lowest BCUT2D eigenvalue weighted by molar-refractivity contribution is -0.145. The minimum atomic E-state index is -3.09. The maximum Gasteiger partial charge on any atom is 0.310 e. The van der Waals surface area contributed by atoms with E-state index in [-0.39, 0.29) is 17.8 Å². The molecule has 0 aliphatic carbocycles. The molecule has 0 aromatic carbocycles. The van der Waals surface area contributed by atoms with Gasteiger partial charge in [0.15, 0.2) is 5.96 Å². The van der Waals surface area contributed by atoms with Crippen molar-refractivity contribution >= 4 is 22.0 Å². The second-order valence-electron chi connectivity index (χ2n) is 7.31. The number of aliphatic imine (C=N–C) groups is 1. The van der Waals surface area contributed by atoms with Gasteiger partial charge in [0.2, 0.25) is 10.0 Å². The monoisotopic (exact) mass is 388 g/mol. The molecule has 2 saturated heterocycles. The highest BCUT2D eigenvalue weighted by molar-refractivity contribution is 7.88. The summed E-state index contributed by atoms with van der Waals surface area (Å²) in [7, 11) is -1.66. The maximum absolute atomic E-state index is 11.9. The first kappa shape index (κ1) is 21.0. The molecule has 26 heavy (non-hydrogen) atoms. The van der Waals surface area contributed by atoms with Gasteiger partial charge in [-0.05, 0) is 31.6 Å². The predicted molar refractivity (Wildman–Crippen MR) is 101 cm³/mol. The highest BCUT2D eigenvalue weighted by Crippen LogP contribution is 2.24. The zero-order valence-electron chi connectivity index (χ0n) is 16.3. The number of methoxy groups -OCH3 is 1. The molecule has 0 radical (unpaired) electrons. The van der Waals surface area contributed by atoms with Crippen LogP contribution in [0.2, 0.25) is 0 Å². The highest BCUT2D eigenvalue weighted by atomic mass is 32.2. The van der Waals surface area contributed by atoms with Gasteiger partial charge in [-0.2, -0.15) is 0 Å². The van der Waals surface area contributed by atoms with Crippen LogP contribution in [-0.2, 0) is 19.6 Å². The van der Waals surface area contributed by atoms with E-state index in [2.05, 4.69) is 17.1 Å². The molecule has 2 atom stereocenters. The molecule has 1 N–H and O–H groups in total. The molecule has 2 rings (SSSR count). The first-order chi connectivity index (χ1) is 12.3. The molecule has 0 aromatic heterocycles. The number of rotatable bonds is 5. The Morgan fingerprint density at radius 1 is 1.27 bits per heavy atom. The van der Waals surface area contributed by atoms with Gasteiger partial charge in [-0.3, -0.25) is 9.79 Å². The summed E-state index contributed by atoms with van der Waals surface area (Å²) in [5, 5.41) is 3.31. The molecular weight excluding hydrogens is 356 g/mol. The summed E-state index contributed by atoms with van der Waals surface area (Å²) in [5.74, 6) is 1.16. The van der Waals surface area contributed by atoms with E-state index in [1.807, 2.05) is 6.92 Å². The molecule has 2 fully saturated rings. The largest absolute Gasteiger partial charge is 0.469 e. The van der Waals surface area contributed by atoms with Crippen molar-refractivity contribution in [1.82, 2.24) is 14.5 Å². The molecule has 8 nitrogen and oxygen atoms in total. The standard InChI is InChI=1S/C17H32N4O4S/c1-5-18-17(20-11-13(2)15(12-20)16(22)25-3)19-10-14-6-8-21(9-7-14)26(4,23)24/h13-15H,5-12H2,1-4H3,(H,18,19). The van der Waals surface area contributed by atoms with E-state index in [4.69, 9.17) is 9.73 Å². The quantitative estimate of drug-likeness (QED) is 0.416. The average molecular weight is 389 g/mol. The number of nitrogens with zero attached hydrogens (tertiary/aromatic N) is 3. The number of carbonyl (C=O) groups excluding carboxylic acids is 1. The number of esters is 1. The van der Waals surface area contributed by atoms with E-state index in [1.54, 1.807) is 4.31 Å². The maximum atomic E-state index is 11.9. The lowest BCUT2D eigenvalue weighted by Crippen LogP contribution is -2.42. The number of nitrogens with one attached hydrogen (secondary N) is 1. The number of hydrogen-bond donors (Lipinski definition) is 1. The van der Waals surface area contributed by atoms with Crippen molar-refractivity contribution in [3.63, 3.8) is 0 Å². The predicted octanol–water partition coefficient (Wildman–Crippen LogP) is 0.364. The zero-order valence-corrected chi connectivity index (χ0v) is 17.1. The smallest absolute Gasteiger partial charge is 0.310 e. The molecule has 0 aromatic rings. The minimum absolute atomic E-state index is 0.123. The number of likely N-dealkylation sites (tertiary alicyclic amines) is 1. The van der Waals surface area contributed by atoms with Crippen LogP contribution in [-0.4, -0.2) is 82.2 Å². The molecule has 0 spiro atoms. The Balaban J connectivity index is 1.94. The van der Waals surface area contributed by atoms with Crippen LogP contribution in [0.1, 0.15) is 26.7 Å². The highest BCUT2D eigenvalue weighted by Gasteiger charge is 2.37. The Hall–Kier alpha value is -1.35. The summed E-state index contributed by atoms with van der Waals surface area (Å²) < 4.78 is 29.7. The van der Waals surface area contributed by atoms with Crippen molar-refractivity contribution in [2.45, 2.75) is 26.7 Å². The molecule has 2 aliphatic heterocycles. The zero-order chi connectivity index (χ0) is 19.3. The summed E-state index contributed by atoms with van der Waals surface area (Å²) in [4.78, 5) is 18.8. The first-order valence-corrected chi connectivity index (χ1v) is 11.2. The Kier molecular flexibility index (Phi) is 7.28. The van der Waals surface area contributed by atoms with Crippen LogP contribution >= 0.6 is 0 Å². The molecule has 0 bridgehead atoms. The van der Waals surface area contributed by atoms with Gasteiger partial charge in [0.1, 0.15) is 0 Å². The summed E-state index contributed by atoms with van der Waals surface area (Å²) in [5.41, 5.74) is 0. The normalized spacial score (nSPS) is 26.2. The number of ether oxygens (including phenoxy) is 1. The van der Waals surface area contributed by atoms with E-state index in [1.165, 1.54) is 13.4 Å². The van der Waals surface area contributed by atoms with E-state index in [0.717, 1.165) is 31.9 Å². The molecule has 2 unspecified atom stereocenters. The van der Waals surface area contributed by atoms with Crippen molar-refractivity contribution in [3.05, 3.63) is 0 Å². The van der Waals surface area contributed by atoms with Gasteiger partial charge in [-0.1, -0.05) is 6.92 Å². The van der Waals surface area contributed by atoms with Crippen molar-refractivity contribution in [3.8, 4) is 0 Å². The van der Waals surface area contributed by atoms with Crippen LogP contribution in [0.4, 0.5) is 0 Å². The van der Waals surface area contributed by atoms with Crippen molar-refractivity contribution < 1.29 is 17.9 Å². The number of sulfonamides is 1. The lowest BCUT2D eigenvalue weighted by atomic mass is 9.98. The van der Waals surface area contributed by atoms with Gasteiger partial charge in [-0.25, -0.2) is 12.7 Å². The van der Waals surface area contributed by atoms with Gasteiger partial charge >= 0.3 is 5.97 Å². The Labute approximate surface area is 157 Å². The van der Waals surface area contributed by atoms with Gasteiger partial charge in [0, 0.05) is 39.3 Å². The number of piperidine rings is 1. The fourth-order valence-electron chi connectivity index (χ4n) is 3.66. The number of hydrogen-bond acceptors (Lipinski definition) is 5. The van der Waals surface area contributed by atoms with E-state index >= 15 is 0 Å². The fraction of sp³-hybridized carbons (Fsp3) is 0.882. The van der Waals surface area contributed by atoms with Crippen LogP contribution in [0.15, 0.2) is 4.99 Å². The van der Waals surface area contributed by atoms with Crippen molar-refractivity contribution in [1.29, 1.82) is 0 Å². The van der Waals surface area contributed by atoms with Gasteiger partial charge in [0.05, 0.1) is 19.3 Å². The summed E-state index contributed by atoms with van der Waals surface area (Å²) in [6.07, 6.45) is 2.93. The molecule has 2 aliphatic rings. The molecule has 0 saturated carbocycles. The summed E-state index contributed by atoms with van der Waals surface area (Å²) in [6.45, 7) is 8.06. The third-order valence-electron chi connectivity index (χ3n) is 5.29. The Morgan fingerprint density at radius 3 is 2.46 bits per heavy atom. The van der Waals surface area contributed by atoms with Crippen LogP contribution in [0.5, 0.6) is 0 Å².